The van der Waals surface area contributed by atoms with Gasteiger partial charge in [0.25, 0.3) is 0 Å². The van der Waals surface area contributed by atoms with E-state index in [1.165, 1.54) is 0 Å². The Hall–Kier alpha value is -1.36. The van der Waals surface area contributed by atoms with Crippen LogP contribution in [0, 0.1) is 12.3 Å². The third kappa shape index (κ3) is 5.87. The number of aryl methyl sites for hydroxylation is 1. The zero-order valence-corrected chi connectivity index (χ0v) is 12.6. The summed E-state index contributed by atoms with van der Waals surface area (Å²) in [5.41, 5.74) is 6.92. The number of nitrogens with two attached hydrogens (primary N) is 1. The van der Waals surface area contributed by atoms with Crippen LogP contribution in [-0.4, -0.2) is 29.1 Å². The van der Waals surface area contributed by atoms with E-state index in [4.69, 9.17) is 10.3 Å². The van der Waals surface area contributed by atoms with E-state index < -0.39 is 0 Å². The van der Waals surface area contributed by atoms with Gasteiger partial charge in [-0.15, -0.1) is 0 Å². The minimum Gasteiger partial charge on any atom is -0.361 e. The number of carbonyl (C=O) groups is 1. The molecule has 0 saturated carbocycles. The molecule has 108 valence electrons. The topological polar surface area (TPSA) is 72.4 Å². The van der Waals surface area contributed by atoms with Crippen LogP contribution in [0.5, 0.6) is 0 Å². The van der Waals surface area contributed by atoms with Gasteiger partial charge in [-0.05, 0) is 18.8 Å². The minimum atomic E-state index is -0.103. The average Bonchev–Trinajstić information content (AvgIpc) is 2.60. The van der Waals surface area contributed by atoms with Gasteiger partial charge in [-0.1, -0.05) is 25.9 Å². The fourth-order valence-corrected chi connectivity index (χ4v) is 2.06. The SMILES string of the molecule is Cc1cc(CN(C)C(=O)CC(N)CC(C)(C)C)no1. The van der Waals surface area contributed by atoms with Crippen LogP contribution in [0.3, 0.4) is 0 Å². The van der Waals surface area contributed by atoms with Crippen molar-refractivity contribution in [3.05, 3.63) is 17.5 Å². The van der Waals surface area contributed by atoms with Gasteiger partial charge in [-0.25, -0.2) is 0 Å². The van der Waals surface area contributed by atoms with E-state index in [1.54, 1.807) is 11.9 Å². The monoisotopic (exact) mass is 267 g/mol. The lowest BCUT2D eigenvalue weighted by Crippen LogP contribution is -2.35. The third-order valence-electron chi connectivity index (χ3n) is 2.81. The van der Waals surface area contributed by atoms with Crippen molar-refractivity contribution in [1.29, 1.82) is 0 Å². The maximum Gasteiger partial charge on any atom is 0.224 e. The van der Waals surface area contributed by atoms with Crippen LogP contribution in [0.2, 0.25) is 0 Å². The Labute approximate surface area is 115 Å². The van der Waals surface area contributed by atoms with Gasteiger partial charge in [0.1, 0.15) is 11.5 Å². The second-order valence-electron chi connectivity index (χ2n) is 6.41. The molecule has 0 aliphatic heterocycles. The first-order chi connectivity index (χ1) is 8.67. The van der Waals surface area contributed by atoms with E-state index in [0.717, 1.165) is 17.9 Å². The van der Waals surface area contributed by atoms with E-state index in [-0.39, 0.29) is 17.4 Å². The molecule has 0 saturated heterocycles. The summed E-state index contributed by atoms with van der Waals surface area (Å²) in [6.07, 6.45) is 1.19. The number of amides is 1. The lowest BCUT2D eigenvalue weighted by molar-refractivity contribution is -0.130. The van der Waals surface area contributed by atoms with Crippen LogP contribution < -0.4 is 5.73 Å². The molecule has 0 bridgehead atoms. The molecule has 1 unspecified atom stereocenters. The molecule has 0 aromatic carbocycles. The Morgan fingerprint density at radius 3 is 2.63 bits per heavy atom. The van der Waals surface area contributed by atoms with Crippen LogP contribution in [0.25, 0.3) is 0 Å². The Balaban J connectivity index is 2.44. The van der Waals surface area contributed by atoms with E-state index in [0.29, 0.717) is 13.0 Å². The molecule has 0 aliphatic carbocycles. The van der Waals surface area contributed by atoms with Crippen molar-refractivity contribution < 1.29 is 9.32 Å². The standard InChI is InChI=1S/C14H25N3O2/c1-10-6-12(16-19-10)9-17(5)13(18)7-11(15)8-14(2,3)4/h6,11H,7-9,15H2,1-5H3. The second-order valence-corrected chi connectivity index (χ2v) is 6.41. The number of hydrogen-bond acceptors (Lipinski definition) is 4. The second kappa shape index (κ2) is 6.19. The average molecular weight is 267 g/mol. The molecular weight excluding hydrogens is 242 g/mol. The Morgan fingerprint density at radius 1 is 1.53 bits per heavy atom. The number of carbonyl (C=O) groups excluding carboxylic acids is 1. The minimum absolute atomic E-state index is 0.0393. The smallest absolute Gasteiger partial charge is 0.224 e. The molecule has 1 atom stereocenters. The van der Waals surface area contributed by atoms with Crippen molar-refractivity contribution >= 4 is 5.91 Å². The van der Waals surface area contributed by atoms with E-state index in [1.807, 2.05) is 13.0 Å². The predicted molar refractivity (Wildman–Crippen MR) is 74.4 cm³/mol. The molecule has 1 heterocycles. The molecule has 1 aromatic heterocycles. The van der Waals surface area contributed by atoms with E-state index >= 15 is 0 Å². The van der Waals surface area contributed by atoms with Crippen molar-refractivity contribution in [2.45, 2.75) is 53.1 Å². The fraction of sp³-hybridized carbons (Fsp3) is 0.714. The lowest BCUT2D eigenvalue weighted by atomic mass is 9.87. The molecule has 19 heavy (non-hydrogen) atoms. The van der Waals surface area contributed by atoms with Crippen LogP contribution in [0.15, 0.2) is 10.6 Å². The molecule has 5 heteroatoms. The summed E-state index contributed by atoms with van der Waals surface area (Å²) >= 11 is 0. The molecule has 1 aromatic rings. The number of rotatable bonds is 5. The highest BCUT2D eigenvalue weighted by molar-refractivity contribution is 5.76. The molecule has 5 nitrogen and oxygen atoms in total. The number of hydrogen-bond donors (Lipinski definition) is 1. The van der Waals surface area contributed by atoms with Gasteiger partial charge in [0.05, 0.1) is 6.54 Å². The molecule has 1 rings (SSSR count). The Morgan fingerprint density at radius 2 is 2.16 bits per heavy atom. The zero-order valence-electron chi connectivity index (χ0n) is 12.6. The summed E-state index contributed by atoms with van der Waals surface area (Å²) in [6, 6.07) is 1.73. The highest BCUT2D eigenvalue weighted by atomic mass is 16.5. The fourth-order valence-electron chi connectivity index (χ4n) is 2.06. The first-order valence-electron chi connectivity index (χ1n) is 6.59. The summed E-state index contributed by atoms with van der Waals surface area (Å²) in [6.45, 7) is 8.66. The maximum atomic E-state index is 12.0. The number of nitrogens with zero attached hydrogens (tertiary/aromatic N) is 2. The number of aromatic nitrogens is 1. The molecule has 2 N–H and O–H groups in total. The van der Waals surface area contributed by atoms with Crippen molar-refractivity contribution in [3.63, 3.8) is 0 Å². The largest absolute Gasteiger partial charge is 0.361 e. The van der Waals surface area contributed by atoms with Gasteiger partial charge in [0.15, 0.2) is 0 Å². The highest BCUT2D eigenvalue weighted by Crippen LogP contribution is 2.21. The zero-order chi connectivity index (χ0) is 14.6. The molecule has 0 spiro atoms. The van der Waals surface area contributed by atoms with Gasteiger partial charge in [0.2, 0.25) is 5.91 Å². The maximum absolute atomic E-state index is 12.0. The third-order valence-corrected chi connectivity index (χ3v) is 2.81. The van der Waals surface area contributed by atoms with Crippen LogP contribution in [0.4, 0.5) is 0 Å². The molecular formula is C14H25N3O2. The molecule has 0 radical (unpaired) electrons. The lowest BCUT2D eigenvalue weighted by Gasteiger charge is -2.24. The van der Waals surface area contributed by atoms with E-state index in [2.05, 4.69) is 25.9 Å². The summed E-state index contributed by atoms with van der Waals surface area (Å²) in [7, 11) is 1.76. The molecule has 0 fully saturated rings. The first kappa shape index (κ1) is 15.7. The van der Waals surface area contributed by atoms with Crippen molar-refractivity contribution in [2.75, 3.05) is 7.05 Å². The van der Waals surface area contributed by atoms with Gasteiger partial charge in [0, 0.05) is 25.6 Å². The quantitative estimate of drug-likeness (QED) is 0.886. The summed E-state index contributed by atoms with van der Waals surface area (Å²) in [4.78, 5) is 13.7. The van der Waals surface area contributed by atoms with Crippen molar-refractivity contribution in [1.82, 2.24) is 10.1 Å². The van der Waals surface area contributed by atoms with Gasteiger partial charge in [-0.2, -0.15) is 0 Å². The summed E-state index contributed by atoms with van der Waals surface area (Å²) in [5.74, 6) is 0.790. The van der Waals surface area contributed by atoms with Crippen LogP contribution in [0.1, 0.15) is 45.1 Å². The highest BCUT2D eigenvalue weighted by Gasteiger charge is 2.20. The molecule has 0 aliphatic rings. The Bertz CT molecular complexity index is 421. The van der Waals surface area contributed by atoms with Gasteiger partial charge < -0.3 is 15.2 Å². The molecule has 1 amide bonds. The first-order valence-corrected chi connectivity index (χ1v) is 6.59. The van der Waals surface area contributed by atoms with Crippen LogP contribution >= 0.6 is 0 Å². The Kier molecular flexibility index (Phi) is 5.11. The van der Waals surface area contributed by atoms with Crippen LogP contribution in [-0.2, 0) is 11.3 Å². The van der Waals surface area contributed by atoms with E-state index in [9.17, 15) is 4.79 Å². The van der Waals surface area contributed by atoms with Gasteiger partial charge >= 0.3 is 0 Å². The summed E-state index contributed by atoms with van der Waals surface area (Å²) in [5, 5.41) is 3.88. The van der Waals surface area contributed by atoms with Crippen molar-refractivity contribution in [3.8, 4) is 0 Å². The summed E-state index contributed by atoms with van der Waals surface area (Å²) < 4.78 is 4.98. The van der Waals surface area contributed by atoms with Crippen molar-refractivity contribution in [2.24, 2.45) is 11.1 Å². The predicted octanol–water partition coefficient (Wildman–Crippen LogP) is 2.10. The normalized spacial score (nSPS) is 13.4. The van der Waals surface area contributed by atoms with Gasteiger partial charge in [-0.3, -0.25) is 4.79 Å².